The van der Waals surface area contributed by atoms with Crippen LogP contribution >= 0.6 is 0 Å². The standard InChI is InChI=1S/C21H25NO2/c1-16(9-10-19-7-5-4-6-8-19)22-17(2)15-20-11-13-21(14-12-20)24-18(3)23/h4-8,11-16,22H,9-10H2,1-3H3/b17-15-. The molecule has 3 nitrogen and oxygen atoms in total. The monoisotopic (exact) mass is 323 g/mol. The molecule has 126 valence electrons. The normalized spacial score (nSPS) is 12.5. The van der Waals surface area contributed by atoms with Gasteiger partial charge in [-0.15, -0.1) is 0 Å². The summed E-state index contributed by atoms with van der Waals surface area (Å²) in [5, 5.41) is 3.52. The Morgan fingerprint density at radius 1 is 1.08 bits per heavy atom. The zero-order valence-electron chi connectivity index (χ0n) is 14.6. The molecule has 0 saturated heterocycles. The zero-order chi connectivity index (χ0) is 17.4. The van der Waals surface area contributed by atoms with E-state index in [1.807, 2.05) is 18.2 Å². The van der Waals surface area contributed by atoms with Crippen LogP contribution in [0.15, 0.2) is 60.3 Å². The molecule has 0 aromatic heterocycles. The first kappa shape index (κ1) is 17.8. The van der Waals surface area contributed by atoms with Crippen molar-refractivity contribution in [2.24, 2.45) is 0 Å². The molecule has 1 atom stereocenters. The maximum atomic E-state index is 10.9. The quantitative estimate of drug-likeness (QED) is 0.598. The Balaban J connectivity index is 1.85. The third kappa shape index (κ3) is 6.29. The van der Waals surface area contributed by atoms with Crippen LogP contribution in [0.2, 0.25) is 0 Å². The number of hydrogen-bond donors (Lipinski definition) is 1. The van der Waals surface area contributed by atoms with Crippen LogP contribution in [0, 0.1) is 0 Å². The van der Waals surface area contributed by atoms with Gasteiger partial charge in [0.2, 0.25) is 0 Å². The Bertz CT molecular complexity index is 675. The average Bonchev–Trinajstić information content (AvgIpc) is 2.55. The van der Waals surface area contributed by atoms with Crippen LogP contribution < -0.4 is 10.1 Å². The number of hydrogen-bond acceptors (Lipinski definition) is 3. The average molecular weight is 323 g/mol. The second-order valence-corrected chi connectivity index (χ2v) is 6.06. The summed E-state index contributed by atoms with van der Waals surface area (Å²) in [5.41, 5.74) is 3.57. The van der Waals surface area contributed by atoms with Gasteiger partial charge in [-0.2, -0.15) is 0 Å². The lowest BCUT2D eigenvalue weighted by atomic mass is 10.1. The molecule has 2 rings (SSSR count). The molecule has 0 radical (unpaired) electrons. The van der Waals surface area contributed by atoms with Gasteiger partial charge in [-0.25, -0.2) is 0 Å². The molecule has 0 aliphatic carbocycles. The number of benzene rings is 2. The van der Waals surface area contributed by atoms with Crippen molar-refractivity contribution in [3.63, 3.8) is 0 Å². The smallest absolute Gasteiger partial charge is 0.308 e. The number of carbonyl (C=O) groups excluding carboxylic acids is 1. The van der Waals surface area contributed by atoms with Crippen LogP contribution in [0.5, 0.6) is 5.75 Å². The fourth-order valence-corrected chi connectivity index (χ4v) is 2.58. The Hall–Kier alpha value is -2.55. The van der Waals surface area contributed by atoms with E-state index in [1.165, 1.54) is 12.5 Å². The summed E-state index contributed by atoms with van der Waals surface area (Å²) in [5.74, 6) is 0.268. The van der Waals surface area contributed by atoms with Gasteiger partial charge >= 0.3 is 5.97 Å². The first-order valence-electron chi connectivity index (χ1n) is 8.30. The second-order valence-electron chi connectivity index (χ2n) is 6.06. The van der Waals surface area contributed by atoms with E-state index in [4.69, 9.17) is 4.74 Å². The third-order valence-electron chi connectivity index (χ3n) is 3.71. The van der Waals surface area contributed by atoms with Crippen LogP contribution in [-0.2, 0) is 11.2 Å². The molecule has 24 heavy (non-hydrogen) atoms. The van der Waals surface area contributed by atoms with Gasteiger partial charge in [-0.3, -0.25) is 4.79 Å². The van der Waals surface area contributed by atoms with Crippen molar-refractivity contribution in [2.75, 3.05) is 0 Å². The first-order valence-corrected chi connectivity index (χ1v) is 8.30. The number of esters is 1. The first-order chi connectivity index (χ1) is 11.5. The largest absolute Gasteiger partial charge is 0.427 e. The van der Waals surface area contributed by atoms with Gasteiger partial charge in [0, 0.05) is 18.7 Å². The number of rotatable bonds is 7. The molecule has 1 unspecified atom stereocenters. The number of allylic oxidation sites excluding steroid dienone is 1. The van der Waals surface area contributed by atoms with Gasteiger partial charge in [0.05, 0.1) is 0 Å². The molecular weight excluding hydrogens is 298 g/mol. The Kier molecular flexibility index (Phi) is 6.62. The summed E-state index contributed by atoms with van der Waals surface area (Å²) in [4.78, 5) is 10.9. The number of ether oxygens (including phenoxy) is 1. The van der Waals surface area contributed by atoms with Crippen LogP contribution in [0.25, 0.3) is 6.08 Å². The van der Waals surface area contributed by atoms with Crippen molar-refractivity contribution >= 4 is 12.0 Å². The maximum Gasteiger partial charge on any atom is 0.308 e. The lowest BCUT2D eigenvalue weighted by Gasteiger charge is -2.16. The molecule has 0 aliphatic heterocycles. The van der Waals surface area contributed by atoms with Gasteiger partial charge in [-0.05, 0) is 56.0 Å². The van der Waals surface area contributed by atoms with E-state index in [1.54, 1.807) is 12.1 Å². The number of carbonyl (C=O) groups is 1. The molecule has 0 aliphatic rings. The summed E-state index contributed by atoms with van der Waals surface area (Å²) in [6.07, 6.45) is 4.25. The molecule has 2 aromatic carbocycles. The molecule has 0 saturated carbocycles. The zero-order valence-corrected chi connectivity index (χ0v) is 14.6. The molecule has 1 N–H and O–H groups in total. The van der Waals surface area contributed by atoms with E-state index in [-0.39, 0.29) is 5.97 Å². The van der Waals surface area contributed by atoms with Crippen molar-refractivity contribution < 1.29 is 9.53 Å². The summed E-state index contributed by atoms with van der Waals surface area (Å²) in [7, 11) is 0. The maximum absolute atomic E-state index is 10.9. The Morgan fingerprint density at radius 3 is 2.38 bits per heavy atom. The highest BCUT2D eigenvalue weighted by Crippen LogP contribution is 2.14. The van der Waals surface area contributed by atoms with Crippen molar-refractivity contribution in [3.05, 3.63) is 71.4 Å². The highest BCUT2D eigenvalue weighted by atomic mass is 16.5. The van der Waals surface area contributed by atoms with E-state index in [0.717, 1.165) is 24.1 Å². The molecule has 0 amide bonds. The molecule has 0 fully saturated rings. The van der Waals surface area contributed by atoms with E-state index in [0.29, 0.717) is 11.8 Å². The molecule has 0 bridgehead atoms. The van der Waals surface area contributed by atoms with Gasteiger partial charge in [0.1, 0.15) is 5.75 Å². The van der Waals surface area contributed by atoms with Gasteiger partial charge in [-0.1, -0.05) is 42.5 Å². The highest BCUT2D eigenvalue weighted by Gasteiger charge is 2.03. The summed E-state index contributed by atoms with van der Waals surface area (Å²) >= 11 is 0. The van der Waals surface area contributed by atoms with Crippen LogP contribution in [0.4, 0.5) is 0 Å². The Morgan fingerprint density at radius 2 is 1.75 bits per heavy atom. The molecule has 2 aromatic rings. The number of aryl methyl sites for hydroxylation is 1. The predicted molar refractivity (Wildman–Crippen MR) is 98.8 cm³/mol. The minimum Gasteiger partial charge on any atom is -0.427 e. The lowest BCUT2D eigenvalue weighted by Crippen LogP contribution is -2.24. The van der Waals surface area contributed by atoms with Crippen molar-refractivity contribution in [3.8, 4) is 5.75 Å². The minimum absolute atomic E-state index is 0.302. The van der Waals surface area contributed by atoms with Crippen molar-refractivity contribution in [1.82, 2.24) is 5.32 Å². The summed E-state index contributed by atoms with van der Waals surface area (Å²) in [6, 6.07) is 18.4. The highest BCUT2D eigenvalue weighted by molar-refractivity contribution is 5.69. The third-order valence-corrected chi connectivity index (χ3v) is 3.71. The predicted octanol–water partition coefficient (Wildman–Crippen LogP) is 4.58. The van der Waals surface area contributed by atoms with Gasteiger partial charge in [0.15, 0.2) is 0 Å². The van der Waals surface area contributed by atoms with E-state index >= 15 is 0 Å². The topological polar surface area (TPSA) is 38.3 Å². The van der Waals surface area contributed by atoms with E-state index < -0.39 is 0 Å². The SMILES string of the molecule is CC(=O)Oc1ccc(/C=C(/C)NC(C)CCc2ccccc2)cc1. The second kappa shape index (κ2) is 8.92. The van der Waals surface area contributed by atoms with Crippen LogP contribution in [0.1, 0.15) is 38.3 Å². The van der Waals surface area contributed by atoms with Crippen LogP contribution in [0.3, 0.4) is 0 Å². The Labute approximate surface area is 144 Å². The fraction of sp³-hybridized carbons (Fsp3) is 0.286. The molecule has 3 heteroatoms. The number of nitrogens with one attached hydrogen (secondary N) is 1. The van der Waals surface area contributed by atoms with Crippen LogP contribution in [-0.4, -0.2) is 12.0 Å². The minimum atomic E-state index is -0.302. The van der Waals surface area contributed by atoms with Gasteiger partial charge < -0.3 is 10.1 Å². The fourth-order valence-electron chi connectivity index (χ4n) is 2.58. The molecular formula is C21H25NO2. The lowest BCUT2D eigenvalue weighted by molar-refractivity contribution is -0.131. The summed E-state index contributed by atoms with van der Waals surface area (Å²) in [6.45, 7) is 5.67. The van der Waals surface area contributed by atoms with Gasteiger partial charge in [0.25, 0.3) is 0 Å². The van der Waals surface area contributed by atoms with Crippen molar-refractivity contribution in [1.29, 1.82) is 0 Å². The summed E-state index contributed by atoms with van der Waals surface area (Å²) < 4.78 is 5.04. The molecule has 0 spiro atoms. The van der Waals surface area contributed by atoms with E-state index in [2.05, 4.69) is 49.5 Å². The molecule has 0 heterocycles. The van der Waals surface area contributed by atoms with E-state index in [9.17, 15) is 4.79 Å². The van der Waals surface area contributed by atoms with Crippen molar-refractivity contribution in [2.45, 2.75) is 39.7 Å².